The minimum atomic E-state index is -0.641. The summed E-state index contributed by atoms with van der Waals surface area (Å²) >= 11 is 6.17. The first kappa shape index (κ1) is 28.7. The van der Waals surface area contributed by atoms with E-state index in [-0.39, 0.29) is 11.8 Å². The van der Waals surface area contributed by atoms with Gasteiger partial charge in [-0.15, -0.1) is 0 Å². The smallest absolute Gasteiger partial charge is 0.254 e. The summed E-state index contributed by atoms with van der Waals surface area (Å²) < 4.78 is 11.0. The van der Waals surface area contributed by atoms with Crippen LogP contribution >= 0.6 is 11.6 Å². The van der Waals surface area contributed by atoms with Crippen LogP contribution in [0.15, 0.2) is 60.9 Å². The molecule has 216 valence electrons. The van der Waals surface area contributed by atoms with E-state index in [4.69, 9.17) is 21.1 Å². The Morgan fingerprint density at radius 1 is 1.05 bits per heavy atom. The summed E-state index contributed by atoms with van der Waals surface area (Å²) in [5, 5.41) is 3.90. The van der Waals surface area contributed by atoms with Crippen LogP contribution in [0.25, 0.3) is 0 Å². The van der Waals surface area contributed by atoms with Gasteiger partial charge in [0.05, 0.1) is 26.2 Å². The Morgan fingerprint density at radius 3 is 2.49 bits per heavy atom. The molecule has 0 spiro atoms. The second-order valence-corrected chi connectivity index (χ2v) is 10.8. The molecule has 0 radical (unpaired) electrons. The van der Waals surface area contributed by atoms with E-state index in [1.54, 1.807) is 43.6 Å². The normalized spacial score (nSPS) is 19.1. The molecule has 2 aromatic carbocycles. The maximum absolute atomic E-state index is 13.9. The van der Waals surface area contributed by atoms with Gasteiger partial charge < -0.3 is 24.6 Å². The number of aromatic nitrogens is 1. The van der Waals surface area contributed by atoms with E-state index >= 15 is 0 Å². The van der Waals surface area contributed by atoms with Crippen LogP contribution in [0.5, 0.6) is 11.5 Å². The highest BCUT2D eigenvalue weighted by atomic mass is 35.5. The Hall–Kier alpha value is -3.82. The maximum Gasteiger partial charge on any atom is 0.254 e. The predicted octanol–water partition coefficient (Wildman–Crippen LogP) is 3.99. The van der Waals surface area contributed by atoms with E-state index in [2.05, 4.69) is 26.2 Å². The number of pyridine rings is 1. The number of piperazine rings is 1. The molecule has 10 heteroatoms. The zero-order valence-electron chi connectivity index (χ0n) is 23.7. The van der Waals surface area contributed by atoms with Crippen molar-refractivity contribution >= 4 is 29.1 Å². The molecule has 9 nitrogen and oxygen atoms in total. The fraction of sp³-hybridized carbons (Fsp3) is 0.387. The van der Waals surface area contributed by atoms with Gasteiger partial charge in [-0.05, 0) is 60.5 Å². The highest BCUT2D eigenvalue weighted by Gasteiger charge is 2.43. The number of nitrogens with zero attached hydrogens (tertiary/aromatic N) is 4. The van der Waals surface area contributed by atoms with Crippen molar-refractivity contribution in [3.05, 3.63) is 82.6 Å². The monoisotopic (exact) mass is 577 g/mol. The molecule has 0 saturated carbocycles. The number of ether oxygens (including phenoxy) is 2. The summed E-state index contributed by atoms with van der Waals surface area (Å²) in [5.41, 5.74) is 3.00. The molecule has 3 aromatic rings. The molecule has 5 rings (SSSR count). The van der Waals surface area contributed by atoms with Crippen LogP contribution < -0.4 is 19.7 Å². The SMILES string of the molecule is COc1cc2c(cc1OC)[C@H](C(=O)NCCCN1CCN(c3cccc(Cl)c3)CC1)[C@H](c1cccnc1)N(C)C2=O. The number of carbonyl (C=O) groups is 2. The van der Waals surface area contributed by atoms with Gasteiger partial charge >= 0.3 is 0 Å². The summed E-state index contributed by atoms with van der Waals surface area (Å²) in [6.45, 7) is 5.19. The van der Waals surface area contributed by atoms with Crippen molar-refractivity contribution < 1.29 is 19.1 Å². The zero-order valence-corrected chi connectivity index (χ0v) is 24.4. The van der Waals surface area contributed by atoms with Gasteiger partial charge in [0.1, 0.15) is 0 Å². The van der Waals surface area contributed by atoms with Gasteiger partial charge in [-0.3, -0.25) is 19.5 Å². The van der Waals surface area contributed by atoms with Gasteiger partial charge in [-0.2, -0.15) is 0 Å². The van der Waals surface area contributed by atoms with E-state index in [0.29, 0.717) is 29.2 Å². The maximum atomic E-state index is 13.9. The molecule has 0 bridgehead atoms. The van der Waals surface area contributed by atoms with Crippen LogP contribution in [0.1, 0.15) is 39.9 Å². The lowest BCUT2D eigenvalue weighted by Crippen LogP contribution is -2.47. The van der Waals surface area contributed by atoms with E-state index in [1.807, 2.05) is 30.3 Å². The van der Waals surface area contributed by atoms with Crippen LogP contribution in [0.4, 0.5) is 5.69 Å². The number of halogens is 1. The summed E-state index contributed by atoms with van der Waals surface area (Å²) in [6.07, 6.45) is 4.21. The number of benzene rings is 2. The fourth-order valence-electron chi connectivity index (χ4n) is 5.83. The summed E-state index contributed by atoms with van der Waals surface area (Å²) in [4.78, 5) is 38.0. The minimum absolute atomic E-state index is 0.141. The molecule has 3 heterocycles. The Morgan fingerprint density at radius 2 is 1.80 bits per heavy atom. The number of anilines is 1. The zero-order chi connectivity index (χ0) is 28.9. The second kappa shape index (κ2) is 12.8. The van der Waals surface area contributed by atoms with Crippen molar-refractivity contribution in [2.75, 3.05) is 65.4 Å². The highest BCUT2D eigenvalue weighted by Crippen LogP contribution is 2.45. The number of hydrogen-bond acceptors (Lipinski definition) is 7. The molecule has 1 saturated heterocycles. The van der Waals surface area contributed by atoms with Crippen molar-refractivity contribution in [1.29, 1.82) is 0 Å². The summed E-state index contributed by atoms with van der Waals surface area (Å²) in [5.74, 6) is -0.0446. The average molecular weight is 578 g/mol. The van der Waals surface area contributed by atoms with Gasteiger partial charge in [-0.25, -0.2) is 0 Å². The molecule has 41 heavy (non-hydrogen) atoms. The molecule has 0 aliphatic carbocycles. The van der Waals surface area contributed by atoms with E-state index < -0.39 is 12.0 Å². The number of fused-ring (bicyclic) bond motifs is 1. The topological polar surface area (TPSA) is 87.2 Å². The standard InChI is InChI=1S/C31H36ClN5O4/c1-35-29(21-7-5-10-33-20-21)28(24-18-26(40-2)27(41-3)19-25(24)31(35)39)30(38)34-11-6-12-36-13-15-37(16-14-36)23-9-4-8-22(32)17-23/h4-5,7-10,17-20,28-29H,6,11-16H2,1-3H3,(H,34,38)/t28-,29-/m0/s1. The number of likely N-dealkylation sites (N-methyl/N-ethyl adjacent to an activating group) is 1. The molecule has 1 N–H and O–H groups in total. The predicted molar refractivity (Wildman–Crippen MR) is 159 cm³/mol. The van der Waals surface area contributed by atoms with Gasteiger partial charge in [0.2, 0.25) is 5.91 Å². The quantitative estimate of drug-likeness (QED) is 0.385. The van der Waals surface area contributed by atoms with E-state index in [1.165, 1.54) is 7.11 Å². The molecule has 2 aliphatic rings. The average Bonchev–Trinajstić information content (AvgIpc) is 3.00. The first-order valence-electron chi connectivity index (χ1n) is 13.8. The van der Waals surface area contributed by atoms with Crippen molar-refractivity contribution in [3.63, 3.8) is 0 Å². The van der Waals surface area contributed by atoms with Crippen molar-refractivity contribution in [1.82, 2.24) is 20.1 Å². The molecule has 2 aliphatic heterocycles. The lowest BCUT2D eigenvalue weighted by atomic mass is 9.79. The first-order valence-corrected chi connectivity index (χ1v) is 14.2. The second-order valence-electron chi connectivity index (χ2n) is 10.4. The molecular weight excluding hydrogens is 542 g/mol. The van der Waals surface area contributed by atoms with Gasteiger partial charge in [0, 0.05) is 68.4 Å². The fourth-order valence-corrected chi connectivity index (χ4v) is 6.01. The summed E-state index contributed by atoms with van der Waals surface area (Å²) in [6, 6.07) is 14.6. The van der Waals surface area contributed by atoms with Crippen LogP contribution in [0, 0.1) is 0 Å². The summed E-state index contributed by atoms with van der Waals surface area (Å²) in [7, 11) is 4.80. The molecule has 1 fully saturated rings. The van der Waals surface area contributed by atoms with Crippen molar-refractivity contribution in [3.8, 4) is 11.5 Å². The van der Waals surface area contributed by atoms with Gasteiger partial charge in [-0.1, -0.05) is 23.7 Å². The molecule has 0 unspecified atom stereocenters. The van der Waals surface area contributed by atoms with Crippen molar-refractivity contribution in [2.24, 2.45) is 0 Å². The Kier molecular flexibility index (Phi) is 8.95. The van der Waals surface area contributed by atoms with Crippen LogP contribution in [0.2, 0.25) is 5.02 Å². The Labute approximate surface area is 246 Å². The van der Waals surface area contributed by atoms with Crippen LogP contribution in [-0.2, 0) is 4.79 Å². The number of hydrogen-bond donors (Lipinski definition) is 1. The molecule has 2 atom stereocenters. The van der Waals surface area contributed by atoms with Gasteiger partial charge in [0.25, 0.3) is 5.91 Å². The van der Waals surface area contributed by atoms with Crippen LogP contribution in [0.3, 0.4) is 0 Å². The molecular formula is C31H36ClN5O4. The highest BCUT2D eigenvalue weighted by molar-refractivity contribution is 6.30. The van der Waals surface area contributed by atoms with Crippen LogP contribution in [-0.4, -0.2) is 87.1 Å². The lowest BCUT2D eigenvalue weighted by molar-refractivity contribution is -0.124. The Balaban J connectivity index is 1.26. The molecule has 2 amide bonds. The van der Waals surface area contributed by atoms with Crippen molar-refractivity contribution in [2.45, 2.75) is 18.4 Å². The molecule has 1 aromatic heterocycles. The number of amides is 2. The largest absolute Gasteiger partial charge is 0.493 e. The Bertz CT molecular complexity index is 1380. The third-order valence-electron chi connectivity index (χ3n) is 7.98. The minimum Gasteiger partial charge on any atom is -0.493 e. The lowest BCUT2D eigenvalue weighted by Gasteiger charge is -2.40. The number of rotatable bonds is 9. The van der Waals surface area contributed by atoms with E-state index in [9.17, 15) is 9.59 Å². The van der Waals surface area contributed by atoms with Gasteiger partial charge in [0.15, 0.2) is 11.5 Å². The third-order valence-corrected chi connectivity index (χ3v) is 8.21. The number of carbonyl (C=O) groups excluding carboxylic acids is 2. The third kappa shape index (κ3) is 6.11. The first-order chi connectivity index (χ1) is 19.9. The van der Waals surface area contributed by atoms with E-state index in [0.717, 1.165) is 55.4 Å². The number of methoxy groups -OCH3 is 2. The number of nitrogens with one attached hydrogen (secondary N) is 1.